The minimum Gasteiger partial charge on any atom is -0.508 e. The maximum Gasteiger partial charge on any atom is 0.205 e. The van der Waals surface area contributed by atoms with Gasteiger partial charge in [0.25, 0.3) is 0 Å². The van der Waals surface area contributed by atoms with E-state index in [0.717, 1.165) is 25.6 Å². The Morgan fingerprint density at radius 3 is 2.42 bits per heavy atom. The molecule has 1 aliphatic heterocycles. The maximum absolute atomic E-state index is 9.81. The van der Waals surface area contributed by atoms with Crippen LogP contribution < -0.4 is 15.2 Å². The van der Waals surface area contributed by atoms with Crippen molar-refractivity contribution >= 4 is 31.9 Å². The Balaban J connectivity index is 1.70. The van der Waals surface area contributed by atoms with E-state index in [-0.39, 0.29) is 11.6 Å². The number of nitriles is 1. The second-order valence-electron chi connectivity index (χ2n) is 7.23. The summed E-state index contributed by atoms with van der Waals surface area (Å²) in [7, 11) is 0. The van der Waals surface area contributed by atoms with Gasteiger partial charge in [0, 0.05) is 11.6 Å². The molecule has 7 heteroatoms. The molecule has 5 nitrogen and oxygen atoms in total. The fourth-order valence-electron chi connectivity index (χ4n) is 3.51. The Bertz CT molecular complexity index is 1210. The number of phenolic OH excluding ortho intramolecular Hbond substituents is 1. The molecule has 0 bridgehead atoms. The molecule has 0 saturated carbocycles. The summed E-state index contributed by atoms with van der Waals surface area (Å²) in [5, 5.41) is 19.5. The molecule has 0 aromatic heterocycles. The van der Waals surface area contributed by atoms with Crippen LogP contribution in [0.3, 0.4) is 0 Å². The number of hydrogen-bond donors (Lipinski definition) is 2. The van der Waals surface area contributed by atoms with Gasteiger partial charge in [0.2, 0.25) is 5.88 Å². The molecule has 31 heavy (non-hydrogen) atoms. The zero-order valence-electron chi connectivity index (χ0n) is 16.5. The minimum atomic E-state index is -0.437. The van der Waals surface area contributed by atoms with Crippen molar-refractivity contribution in [3.05, 3.63) is 97.3 Å². The van der Waals surface area contributed by atoms with Crippen LogP contribution in [0.1, 0.15) is 28.2 Å². The molecule has 0 amide bonds. The fraction of sp³-hybridized carbons (Fsp3) is 0.125. The van der Waals surface area contributed by atoms with Crippen LogP contribution in [0.25, 0.3) is 0 Å². The lowest BCUT2D eigenvalue weighted by molar-refractivity contribution is 0.302. The number of nitrogens with zero attached hydrogens (tertiary/aromatic N) is 1. The van der Waals surface area contributed by atoms with Crippen molar-refractivity contribution in [1.82, 2.24) is 0 Å². The number of hydrogen-bond acceptors (Lipinski definition) is 5. The van der Waals surface area contributed by atoms with Gasteiger partial charge in [0.1, 0.15) is 35.5 Å². The number of benzene rings is 3. The molecule has 1 heterocycles. The van der Waals surface area contributed by atoms with Crippen molar-refractivity contribution in [3.63, 3.8) is 0 Å². The molecule has 3 N–H and O–H groups in total. The lowest BCUT2D eigenvalue weighted by Crippen LogP contribution is -2.21. The first-order valence-electron chi connectivity index (χ1n) is 9.45. The van der Waals surface area contributed by atoms with E-state index in [1.54, 1.807) is 12.1 Å². The molecule has 156 valence electrons. The molecule has 4 rings (SSSR count). The van der Waals surface area contributed by atoms with Crippen molar-refractivity contribution in [3.8, 4) is 23.3 Å². The first kappa shape index (κ1) is 21.3. The number of halogens is 2. The van der Waals surface area contributed by atoms with Gasteiger partial charge in [-0.1, -0.05) is 35.9 Å². The van der Waals surface area contributed by atoms with Crippen LogP contribution in [0, 0.1) is 18.3 Å². The molecule has 3 aromatic rings. The molecule has 1 aliphatic rings. The van der Waals surface area contributed by atoms with Crippen LogP contribution >= 0.6 is 31.9 Å². The molecule has 0 aliphatic carbocycles. The number of aryl methyl sites for hydroxylation is 1. The highest BCUT2D eigenvalue weighted by Gasteiger charge is 2.31. The number of allylic oxidation sites excluding steroid dienone is 1. The molecule has 0 spiro atoms. The third-order valence-electron chi connectivity index (χ3n) is 5.06. The van der Waals surface area contributed by atoms with Gasteiger partial charge in [-0.3, -0.25) is 0 Å². The van der Waals surface area contributed by atoms with Gasteiger partial charge in [-0.15, -0.1) is 0 Å². The van der Waals surface area contributed by atoms with Gasteiger partial charge in [-0.25, -0.2) is 0 Å². The number of fused-ring (bicyclic) bond motifs is 1. The van der Waals surface area contributed by atoms with Crippen molar-refractivity contribution in [1.29, 1.82) is 5.26 Å². The first-order chi connectivity index (χ1) is 14.9. The van der Waals surface area contributed by atoms with Crippen LogP contribution in [0.5, 0.6) is 17.2 Å². The van der Waals surface area contributed by atoms with Crippen LogP contribution in [-0.4, -0.2) is 5.11 Å². The van der Waals surface area contributed by atoms with Gasteiger partial charge >= 0.3 is 0 Å². The van der Waals surface area contributed by atoms with Crippen LogP contribution in [0.15, 0.2) is 75.0 Å². The topological polar surface area (TPSA) is 88.5 Å². The van der Waals surface area contributed by atoms with Gasteiger partial charge in [-0.2, -0.15) is 5.26 Å². The standard InChI is InChI=1S/C24H18Br2N2O3/c1-13-2-4-14(5-3-13)12-30-23-19(25)8-15(9-20(23)26)22-17-7-6-16(29)10-21(17)31-24(28)18(22)11-27/h2-10,22,29H,12,28H2,1H3/t22-/m1/s1. The molecule has 3 aromatic carbocycles. The SMILES string of the molecule is Cc1ccc(COc2c(Br)cc([C@H]3C(C#N)=C(N)Oc4cc(O)ccc43)cc2Br)cc1. The van der Waals surface area contributed by atoms with E-state index in [4.69, 9.17) is 15.2 Å². The highest BCUT2D eigenvalue weighted by molar-refractivity contribution is 9.11. The van der Waals surface area contributed by atoms with Crippen molar-refractivity contribution in [2.75, 3.05) is 0 Å². The summed E-state index contributed by atoms with van der Waals surface area (Å²) in [4.78, 5) is 0. The van der Waals surface area contributed by atoms with E-state index in [1.165, 1.54) is 11.6 Å². The van der Waals surface area contributed by atoms with E-state index in [9.17, 15) is 10.4 Å². The number of phenols is 1. The van der Waals surface area contributed by atoms with Gasteiger partial charge in [0.15, 0.2) is 0 Å². The summed E-state index contributed by atoms with van der Waals surface area (Å²) in [5.74, 6) is 0.741. The maximum atomic E-state index is 9.81. The van der Waals surface area contributed by atoms with Crippen molar-refractivity contribution in [2.24, 2.45) is 5.73 Å². The Morgan fingerprint density at radius 2 is 1.77 bits per heavy atom. The molecule has 0 unspecified atom stereocenters. The number of rotatable bonds is 4. The monoisotopic (exact) mass is 540 g/mol. The van der Waals surface area contributed by atoms with Crippen molar-refractivity contribution < 1.29 is 14.6 Å². The zero-order chi connectivity index (χ0) is 22.1. The van der Waals surface area contributed by atoms with E-state index in [0.29, 0.717) is 23.7 Å². The average molecular weight is 542 g/mol. The molecule has 0 saturated heterocycles. The summed E-state index contributed by atoms with van der Waals surface area (Å²) in [6.07, 6.45) is 0. The third kappa shape index (κ3) is 4.27. The Labute approximate surface area is 197 Å². The predicted molar refractivity (Wildman–Crippen MR) is 125 cm³/mol. The molecule has 0 radical (unpaired) electrons. The fourth-order valence-corrected chi connectivity index (χ4v) is 4.96. The van der Waals surface area contributed by atoms with Gasteiger partial charge in [-0.05, 0) is 68.1 Å². The molecule has 1 atom stereocenters. The van der Waals surface area contributed by atoms with Gasteiger partial charge in [0.05, 0.1) is 14.9 Å². The predicted octanol–water partition coefficient (Wildman–Crippen LogP) is 6.02. The number of ether oxygens (including phenoxy) is 2. The summed E-state index contributed by atoms with van der Waals surface area (Å²) >= 11 is 7.20. The largest absolute Gasteiger partial charge is 0.508 e. The Morgan fingerprint density at radius 1 is 1.10 bits per heavy atom. The summed E-state index contributed by atoms with van der Waals surface area (Å²) in [6.45, 7) is 2.47. The van der Waals surface area contributed by atoms with E-state index >= 15 is 0 Å². The second-order valence-corrected chi connectivity index (χ2v) is 8.94. The molecular weight excluding hydrogens is 524 g/mol. The first-order valence-corrected chi connectivity index (χ1v) is 11.0. The van der Waals surface area contributed by atoms with Crippen LogP contribution in [0.2, 0.25) is 0 Å². The normalized spacial score (nSPS) is 15.1. The van der Waals surface area contributed by atoms with E-state index in [1.807, 2.05) is 43.3 Å². The van der Waals surface area contributed by atoms with E-state index in [2.05, 4.69) is 37.9 Å². The highest BCUT2D eigenvalue weighted by atomic mass is 79.9. The number of nitrogens with two attached hydrogens (primary N) is 1. The minimum absolute atomic E-state index is 0.0255. The highest BCUT2D eigenvalue weighted by Crippen LogP contribution is 2.46. The van der Waals surface area contributed by atoms with Crippen molar-refractivity contribution in [2.45, 2.75) is 19.4 Å². The van der Waals surface area contributed by atoms with E-state index < -0.39 is 5.92 Å². The van der Waals surface area contributed by atoms with Crippen LogP contribution in [-0.2, 0) is 6.61 Å². The number of aromatic hydroxyl groups is 1. The molecule has 0 fully saturated rings. The van der Waals surface area contributed by atoms with Crippen LogP contribution in [0.4, 0.5) is 0 Å². The quantitative estimate of drug-likeness (QED) is 0.421. The third-order valence-corrected chi connectivity index (χ3v) is 6.24. The van der Waals surface area contributed by atoms with Gasteiger partial charge < -0.3 is 20.3 Å². The Kier molecular flexibility index (Phi) is 5.94. The average Bonchev–Trinajstić information content (AvgIpc) is 2.73. The summed E-state index contributed by atoms with van der Waals surface area (Å²) in [6, 6.07) is 18.9. The summed E-state index contributed by atoms with van der Waals surface area (Å²) in [5.41, 5.74) is 10.2. The Hall–Kier alpha value is -2.95. The lowest BCUT2D eigenvalue weighted by atomic mass is 9.83. The molecular formula is C24H18Br2N2O3. The smallest absolute Gasteiger partial charge is 0.205 e. The summed E-state index contributed by atoms with van der Waals surface area (Å²) < 4.78 is 13.1. The zero-order valence-corrected chi connectivity index (χ0v) is 19.7. The lowest BCUT2D eigenvalue weighted by Gasteiger charge is -2.27. The second kappa shape index (κ2) is 8.66.